The number of hydrogen-bond donors (Lipinski definition) is 2. The average Bonchev–Trinajstić information content (AvgIpc) is 2.90. The van der Waals surface area contributed by atoms with Gasteiger partial charge < -0.3 is 10.6 Å². The number of aryl methyl sites for hydroxylation is 1. The quantitative estimate of drug-likeness (QED) is 0.882. The van der Waals surface area contributed by atoms with E-state index in [0.29, 0.717) is 18.7 Å². The van der Waals surface area contributed by atoms with Crippen LogP contribution in [-0.4, -0.2) is 17.4 Å². The summed E-state index contributed by atoms with van der Waals surface area (Å²) in [5.41, 5.74) is 2.78. The lowest BCUT2D eigenvalue weighted by molar-refractivity contribution is 0.0956. The van der Waals surface area contributed by atoms with E-state index in [9.17, 15) is 4.79 Å². The summed E-state index contributed by atoms with van der Waals surface area (Å²) in [6, 6.07) is 5.67. The van der Waals surface area contributed by atoms with Crippen molar-refractivity contribution < 1.29 is 4.79 Å². The largest absolute Gasteiger partial charge is 0.378 e. The van der Waals surface area contributed by atoms with Gasteiger partial charge in [-0.15, -0.1) is 11.3 Å². The highest BCUT2D eigenvalue weighted by Gasteiger charge is 2.06. The van der Waals surface area contributed by atoms with Gasteiger partial charge in [0, 0.05) is 29.4 Å². The summed E-state index contributed by atoms with van der Waals surface area (Å²) < 4.78 is 0. The molecule has 0 radical (unpaired) electrons. The van der Waals surface area contributed by atoms with Crippen LogP contribution in [0.5, 0.6) is 0 Å². The zero-order chi connectivity index (χ0) is 13.7. The van der Waals surface area contributed by atoms with Gasteiger partial charge >= 0.3 is 0 Å². The summed E-state index contributed by atoms with van der Waals surface area (Å²) in [5, 5.41) is 9.13. The Labute approximate surface area is 116 Å². The smallest absolute Gasteiger partial charge is 0.251 e. The minimum absolute atomic E-state index is 0.0305. The van der Waals surface area contributed by atoms with Crippen molar-refractivity contribution >= 4 is 22.9 Å². The Balaban J connectivity index is 2.04. The number of carbonyl (C=O) groups excluding carboxylic acids is 1. The van der Waals surface area contributed by atoms with Gasteiger partial charge in [-0.3, -0.25) is 4.79 Å². The molecule has 0 bridgehead atoms. The van der Waals surface area contributed by atoms with E-state index in [1.54, 1.807) is 17.5 Å². The van der Waals surface area contributed by atoms with E-state index in [4.69, 9.17) is 0 Å². The van der Waals surface area contributed by atoms with Crippen LogP contribution in [0.2, 0.25) is 0 Å². The number of aromatic nitrogens is 1. The van der Waals surface area contributed by atoms with Crippen molar-refractivity contribution in [2.24, 2.45) is 0 Å². The van der Waals surface area contributed by atoms with Crippen LogP contribution < -0.4 is 10.6 Å². The molecule has 1 amide bonds. The van der Waals surface area contributed by atoms with Crippen LogP contribution in [0, 0.1) is 6.92 Å². The van der Waals surface area contributed by atoms with Crippen molar-refractivity contribution in [1.29, 1.82) is 0 Å². The molecule has 2 aromatic rings. The van der Waals surface area contributed by atoms with Crippen LogP contribution in [-0.2, 0) is 6.54 Å². The third kappa shape index (κ3) is 3.54. The third-order valence-corrected chi connectivity index (χ3v) is 3.52. The van der Waals surface area contributed by atoms with Gasteiger partial charge in [-0.05, 0) is 37.6 Å². The third-order valence-electron chi connectivity index (χ3n) is 2.74. The summed E-state index contributed by atoms with van der Waals surface area (Å²) in [6.07, 6.45) is 1.80. The number of rotatable bonds is 5. The Morgan fingerprint density at radius 3 is 2.89 bits per heavy atom. The molecule has 5 heteroatoms. The van der Waals surface area contributed by atoms with E-state index < -0.39 is 0 Å². The molecule has 0 saturated heterocycles. The van der Waals surface area contributed by atoms with E-state index in [2.05, 4.69) is 15.6 Å². The minimum atomic E-state index is -0.0305. The van der Waals surface area contributed by atoms with Gasteiger partial charge in [-0.1, -0.05) is 0 Å². The first-order chi connectivity index (χ1) is 9.20. The zero-order valence-corrected chi connectivity index (χ0v) is 11.9. The zero-order valence-electron chi connectivity index (χ0n) is 11.1. The Bertz CT molecular complexity index is 552. The van der Waals surface area contributed by atoms with Gasteiger partial charge in [0.1, 0.15) is 5.01 Å². The number of nitrogens with one attached hydrogen (secondary N) is 2. The highest BCUT2D eigenvalue weighted by atomic mass is 32.1. The number of nitrogens with zero attached hydrogens (tertiary/aromatic N) is 1. The fourth-order valence-corrected chi connectivity index (χ4v) is 2.33. The van der Waals surface area contributed by atoms with Crippen LogP contribution in [0.15, 0.2) is 29.8 Å². The van der Waals surface area contributed by atoms with Crippen LogP contribution in [0.3, 0.4) is 0 Å². The Morgan fingerprint density at radius 1 is 1.42 bits per heavy atom. The van der Waals surface area contributed by atoms with E-state index in [1.807, 2.05) is 37.4 Å². The second kappa shape index (κ2) is 6.33. The molecule has 1 aromatic carbocycles. The topological polar surface area (TPSA) is 54.0 Å². The van der Waals surface area contributed by atoms with Crippen molar-refractivity contribution in [1.82, 2.24) is 10.3 Å². The van der Waals surface area contributed by atoms with Crippen LogP contribution >= 0.6 is 11.3 Å². The number of hydrogen-bond acceptors (Lipinski definition) is 4. The molecule has 0 aliphatic carbocycles. The highest BCUT2D eigenvalue weighted by molar-refractivity contribution is 7.09. The van der Waals surface area contributed by atoms with Crippen LogP contribution in [0.25, 0.3) is 0 Å². The number of amides is 1. The van der Waals surface area contributed by atoms with Gasteiger partial charge in [-0.2, -0.15) is 0 Å². The molecule has 0 atom stereocenters. The van der Waals surface area contributed by atoms with E-state index in [1.165, 1.54) is 0 Å². The van der Waals surface area contributed by atoms with Gasteiger partial charge in [-0.25, -0.2) is 4.98 Å². The fourth-order valence-electron chi connectivity index (χ4n) is 1.78. The molecule has 0 fully saturated rings. The molecule has 0 aliphatic rings. The standard InChI is InChI=1S/C14H17N3OS/c1-3-15-14(18)11-4-5-12(10(2)8-11)17-9-13-16-6-7-19-13/h4-8,17H,3,9H2,1-2H3,(H,15,18). The lowest BCUT2D eigenvalue weighted by atomic mass is 10.1. The molecule has 2 N–H and O–H groups in total. The molecule has 0 aliphatic heterocycles. The molecule has 1 heterocycles. The summed E-state index contributed by atoms with van der Waals surface area (Å²) in [6.45, 7) is 5.25. The normalized spacial score (nSPS) is 10.2. The number of benzene rings is 1. The maximum absolute atomic E-state index is 11.7. The molecule has 100 valence electrons. The van der Waals surface area contributed by atoms with E-state index in [-0.39, 0.29) is 5.91 Å². The average molecular weight is 275 g/mol. The first kappa shape index (κ1) is 13.5. The predicted octanol–water partition coefficient (Wildman–Crippen LogP) is 2.81. The summed E-state index contributed by atoms with van der Waals surface area (Å²) >= 11 is 1.62. The monoisotopic (exact) mass is 275 g/mol. The number of thiazole rings is 1. The van der Waals surface area contributed by atoms with Crippen molar-refractivity contribution in [3.05, 3.63) is 45.9 Å². The maximum atomic E-state index is 11.7. The molecule has 4 nitrogen and oxygen atoms in total. The van der Waals surface area contributed by atoms with Gasteiger partial charge in [0.15, 0.2) is 0 Å². The molecule has 0 unspecified atom stereocenters. The van der Waals surface area contributed by atoms with Crippen molar-refractivity contribution in [3.63, 3.8) is 0 Å². The molecule has 1 aromatic heterocycles. The molecular weight excluding hydrogens is 258 g/mol. The Kier molecular flexibility index (Phi) is 4.52. The number of carbonyl (C=O) groups is 1. The lowest BCUT2D eigenvalue weighted by Gasteiger charge is -2.10. The Hall–Kier alpha value is -1.88. The van der Waals surface area contributed by atoms with E-state index in [0.717, 1.165) is 16.3 Å². The summed E-state index contributed by atoms with van der Waals surface area (Å²) in [4.78, 5) is 15.9. The Morgan fingerprint density at radius 2 is 2.26 bits per heavy atom. The number of anilines is 1. The molecule has 2 rings (SSSR count). The molecule has 0 saturated carbocycles. The molecule has 19 heavy (non-hydrogen) atoms. The molecule has 0 spiro atoms. The lowest BCUT2D eigenvalue weighted by Crippen LogP contribution is -2.22. The summed E-state index contributed by atoms with van der Waals surface area (Å²) in [7, 11) is 0. The van der Waals surface area contributed by atoms with Crippen molar-refractivity contribution in [2.45, 2.75) is 20.4 Å². The second-order valence-electron chi connectivity index (χ2n) is 4.17. The van der Waals surface area contributed by atoms with Crippen molar-refractivity contribution in [3.8, 4) is 0 Å². The van der Waals surface area contributed by atoms with Crippen molar-refractivity contribution in [2.75, 3.05) is 11.9 Å². The van der Waals surface area contributed by atoms with Gasteiger partial charge in [0.2, 0.25) is 0 Å². The summed E-state index contributed by atoms with van der Waals surface area (Å²) in [5.74, 6) is -0.0305. The first-order valence-corrected chi connectivity index (χ1v) is 7.09. The fraction of sp³-hybridized carbons (Fsp3) is 0.286. The van der Waals surface area contributed by atoms with Crippen LogP contribution in [0.1, 0.15) is 27.9 Å². The minimum Gasteiger partial charge on any atom is -0.378 e. The van der Waals surface area contributed by atoms with Gasteiger partial charge in [0.05, 0.1) is 6.54 Å². The molecular formula is C14H17N3OS. The predicted molar refractivity (Wildman–Crippen MR) is 78.6 cm³/mol. The maximum Gasteiger partial charge on any atom is 0.251 e. The van der Waals surface area contributed by atoms with Gasteiger partial charge in [0.25, 0.3) is 5.91 Å². The SMILES string of the molecule is CCNC(=O)c1ccc(NCc2nccs2)c(C)c1. The van der Waals surface area contributed by atoms with Crippen LogP contribution in [0.4, 0.5) is 5.69 Å². The van der Waals surface area contributed by atoms with E-state index >= 15 is 0 Å². The second-order valence-corrected chi connectivity index (χ2v) is 5.15. The highest BCUT2D eigenvalue weighted by Crippen LogP contribution is 2.18. The first-order valence-electron chi connectivity index (χ1n) is 6.21.